The lowest BCUT2D eigenvalue weighted by Gasteiger charge is -2.31. The van der Waals surface area contributed by atoms with Crippen LogP contribution in [0.15, 0.2) is 200 Å². The molecule has 14 rings (SSSR count). The zero-order chi connectivity index (χ0) is 39.3. The van der Waals surface area contributed by atoms with E-state index in [0.29, 0.717) is 0 Å². The first-order chi connectivity index (χ1) is 29.6. The van der Waals surface area contributed by atoms with Crippen molar-refractivity contribution in [3.8, 4) is 44.5 Å². The van der Waals surface area contributed by atoms with Gasteiger partial charge in [0.15, 0.2) is 0 Å². The van der Waals surface area contributed by atoms with Crippen LogP contribution in [0.1, 0.15) is 27.8 Å². The molecule has 0 radical (unpaired) electrons. The van der Waals surface area contributed by atoms with Crippen LogP contribution in [0.5, 0.6) is 0 Å². The molecular weight excluding hydrogens is 721 g/mol. The number of fused-ring (bicyclic) bond motifs is 16. The predicted octanol–water partition coefficient (Wildman–Crippen LogP) is 16.0. The Morgan fingerprint density at radius 1 is 0.267 bits per heavy atom. The molecule has 2 aliphatic rings. The van der Waals surface area contributed by atoms with Gasteiger partial charge < -0.3 is 0 Å². The van der Waals surface area contributed by atoms with Gasteiger partial charge in [0.25, 0.3) is 0 Å². The Morgan fingerprint density at radius 3 is 1.50 bits per heavy atom. The minimum Gasteiger partial charge on any atom is -0.0619 e. The van der Waals surface area contributed by atoms with Crippen molar-refractivity contribution in [2.75, 3.05) is 0 Å². The predicted molar refractivity (Wildman–Crippen MR) is 255 cm³/mol. The molecule has 0 heterocycles. The van der Waals surface area contributed by atoms with Crippen molar-refractivity contribution < 1.29 is 0 Å². The number of benzene rings is 12. The molecule has 12 aromatic carbocycles. The van der Waals surface area contributed by atoms with Gasteiger partial charge in [-0.05, 0) is 168 Å². The fourth-order valence-corrected chi connectivity index (χ4v) is 11.8. The van der Waals surface area contributed by atoms with Crippen molar-refractivity contribution >= 4 is 64.6 Å². The summed E-state index contributed by atoms with van der Waals surface area (Å²) in [5.74, 6) is 0. The maximum atomic E-state index is 2.57. The van der Waals surface area contributed by atoms with Gasteiger partial charge in [-0.1, -0.05) is 176 Å². The van der Waals surface area contributed by atoms with Crippen LogP contribution < -0.4 is 0 Å². The van der Waals surface area contributed by atoms with Gasteiger partial charge >= 0.3 is 0 Å². The molecule has 0 N–H and O–H groups in total. The van der Waals surface area contributed by atoms with E-state index in [-0.39, 0.29) is 0 Å². The van der Waals surface area contributed by atoms with Crippen molar-refractivity contribution in [3.05, 3.63) is 228 Å². The second-order valence-electron chi connectivity index (χ2n) is 17.2. The third-order valence-corrected chi connectivity index (χ3v) is 14.2. The molecule has 0 bridgehead atoms. The first-order valence-electron chi connectivity index (χ1n) is 21.2. The molecule has 12 aromatic rings. The van der Waals surface area contributed by atoms with Gasteiger partial charge in [0.1, 0.15) is 0 Å². The molecule has 2 aliphatic carbocycles. The molecule has 0 atom stereocenters. The highest BCUT2D eigenvalue weighted by molar-refractivity contribution is 6.27. The Labute approximate surface area is 348 Å². The molecule has 0 nitrogen and oxygen atoms in total. The second-order valence-corrected chi connectivity index (χ2v) is 17.2. The van der Waals surface area contributed by atoms with Gasteiger partial charge in [-0.3, -0.25) is 0 Å². The lowest BCUT2D eigenvalue weighted by Crippen LogP contribution is -2.25. The van der Waals surface area contributed by atoms with Gasteiger partial charge in [0.2, 0.25) is 0 Å². The summed E-state index contributed by atoms with van der Waals surface area (Å²) in [6.45, 7) is 2.24. The summed E-state index contributed by atoms with van der Waals surface area (Å²) in [5.41, 5.74) is 16.6. The summed E-state index contributed by atoms with van der Waals surface area (Å²) in [5, 5.41) is 15.7. The third-order valence-electron chi connectivity index (χ3n) is 14.2. The van der Waals surface area contributed by atoms with E-state index in [2.05, 4.69) is 207 Å². The maximum Gasteiger partial charge on any atom is 0.0725 e. The third kappa shape index (κ3) is 4.06. The lowest BCUT2D eigenvalue weighted by atomic mass is 9.70. The zero-order valence-corrected chi connectivity index (χ0v) is 33.1. The van der Waals surface area contributed by atoms with E-state index in [1.165, 1.54) is 137 Å². The molecule has 0 aliphatic heterocycles. The minimum absolute atomic E-state index is 0.434. The number of rotatable bonds is 2. The number of aryl methyl sites for hydroxylation is 1. The Morgan fingerprint density at radius 2 is 0.800 bits per heavy atom. The van der Waals surface area contributed by atoms with E-state index in [9.17, 15) is 0 Å². The summed E-state index contributed by atoms with van der Waals surface area (Å²) in [6.07, 6.45) is 0. The summed E-state index contributed by atoms with van der Waals surface area (Å²) < 4.78 is 0. The van der Waals surface area contributed by atoms with Crippen LogP contribution in [0.4, 0.5) is 0 Å². The Kier molecular flexibility index (Phi) is 6.25. The highest BCUT2D eigenvalue weighted by Crippen LogP contribution is 2.64. The molecule has 0 amide bonds. The van der Waals surface area contributed by atoms with Gasteiger partial charge in [0, 0.05) is 0 Å². The largest absolute Gasteiger partial charge is 0.0725 e. The van der Waals surface area contributed by atoms with Crippen LogP contribution in [0, 0.1) is 6.92 Å². The normalized spacial score (nSPS) is 13.6. The monoisotopic (exact) mass is 756 g/mol. The van der Waals surface area contributed by atoms with Crippen molar-refractivity contribution in [1.29, 1.82) is 0 Å². The molecule has 1 spiro atoms. The molecule has 0 aromatic heterocycles. The standard InChI is InChI=1S/C60H36/c1-35-29-40(31-41(30-35)42-26-23-38-22-21-36-11-10-12-37-24-27-49(42)59(38)58(36)37)39-25-28-56-52(32-39)53-33-50-45-15-4-2-13-43(45)44-14-3-5-16-46(44)51(50)34-57(53)60(56)54-19-8-6-17-47(54)48-18-7-9-20-55(48)60/h2-34H,1H3. The zero-order valence-electron chi connectivity index (χ0n) is 33.1. The summed E-state index contributed by atoms with van der Waals surface area (Å²) in [6, 6.07) is 76.3. The fourth-order valence-electron chi connectivity index (χ4n) is 11.8. The quantitative estimate of drug-likeness (QED) is 0.154. The summed E-state index contributed by atoms with van der Waals surface area (Å²) in [4.78, 5) is 0. The Balaban J connectivity index is 1.05. The molecule has 60 heavy (non-hydrogen) atoms. The lowest BCUT2D eigenvalue weighted by molar-refractivity contribution is 0.795. The summed E-state index contributed by atoms with van der Waals surface area (Å²) in [7, 11) is 0. The smallest absolute Gasteiger partial charge is 0.0619 e. The second kappa shape index (κ2) is 11.6. The van der Waals surface area contributed by atoms with Crippen molar-refractivity contribution in [2.24, 2.45) is 0 Å². The highest BCUT2D eigenvalue weighted by atomic mass is 14.5. The average molecular weight is 757 g/mol. The maximum absolute atomic E-state index is 2.57. The fraction of sp³-hybridized carbons (Fsp3) is 0.0333. The SMILES string of the molecule is Cc1cc(-c2ccc3c(c2)-c2cc4c5ccccc5c5ccccc5c4cc2C32c3ccccc3-c3ccccc32)cc(-c2ccc3ccc4cccc5ccc2c3c45)c1. The van der Waals surface area contributed by atoms with Crippen LogP contribution in [-0.4, -0.2) is 0 Å². The molecule has 276 valence electrons. The van der Waals surface area contributed by atoms with E-state index in [4.69, 9.17) is 0 Å². The molecular formula is C60H36. The molecule has 0 saturated carbocycles. The van der Waals surface area contributed by atoms with Crippen LogP contribution in [0.2, 0.25) is 0 Å². The van der Waals surface area contributed by atoms with Gasteiger partial charge in [-0.2, -0.15) is 0 Å². The molecule has 0 unspecified atom stereocenters. The van der Waals surface area contributed by atoms with Gasteiger partial charge in [0.05, 0.1) is 5.41 Å². The van der Waals surface area contributed by atoms with Crippen LogP contribution in [-0.2, 0) is 5.41 Å². The minimum atomic E-state index is -0.434. The molecule has 0 fully saturated rings. The topological polar surface area (TPSA) is 0 Å². The first-order valence-corrected chi connectivity index (χ1v) is 21.2. The van der Waals surface area contributed by atoms with E-state index >= 15 is 0 Å². The summed E-state index contributed by atoms with van der Waals surface area (Å²) >= 11 is 0. The number of hydrogen-bond donors (Lipinski definition) is 0. The van der Waals surface area contributed by atoms with E-state index < -0.39 is 5.41 Å². The van der Waals surface area contributed by atoms with Crippen LogP contribution >= 0.6 is 0 Å². The Hall–Kier alpha value is -7.54. The first kappa shape index (κ1) is 32.4. The molecule has 0 heteroatoms. The van der Waals surface area contributed by atoms with Gasteiger partial charge in [-0.25, -0.2) is 0 Å². The number of hydrogen-bond acceptors (Lipinski definition) is 0. The van der Waals surface area contributed by atoms with E-state index in [0.717, 1.165) is 0 Å². The average Bonchev–Trinajstić information content (AvgIpc) is 3.76. The Bertz CT molecular complexity index is 3780. The highest BCUT2D eigenvalue weighted by Gasteiger charge is 2.51. The van der Waals surface area contributed by atoms with Gasteiger partial charge in [-0.15, -0.1) is 0 Å². The van der Waals surface area contributed by atoms with Crippen LogP contribution in [0.3, 0.4) is 0 Å². The molecule has 0 saturated heterocycles. The van der Waals surface area contributed by atoms with E-state index in [1.54, 1.807) is 0 Å². The van der Waals surface area contributed by atoms with Crippen LogP contribution in [0.25, 0.3) is 109 Å². The van der Waals surface area contributed by atoms with E-state index in [1.807, 2.05) is 0 Å². The van der Waals surface area contributed by atoms with Crippen molar-refractivity contribution in [3.63, 3.8) is 0 Å². The van der Waals surface area contributed by atoms with Crippen molar-refractivity contribution in [1.82, 2.24) is 0 Å². The van der Waals surface area contributed by atoms with Crippen molar-refractivity contribution in [2.45, 2.75) is 12.3 Å².